The maximum Gasteiger partial charge on any atom is 0.433 e. The van der Waals surface area contributed by atoms with E-state index >= 15 is 0 Å². The smallest absolute Gasteiger partial charge is 0.363 e. The van der Waals surface area contributed by atoms with Crippen LogP contribution in [-0.4, -0.2) is 30.5 Å². The van der Waals surface area contributed by atoms with Crippen LogP contribution >= 0.6 is 0 Å². The van der Waals surface area contributed by atoms with Gasteiger partial charge in [-0.1, -0.05) is 12.1 Å². The third-order valence-corrected chi connectivity index (χ3v) is 3.94. The summed E-state index contributed by atoms with van der Waals surface area (Å²) in [4.78, 5) is 17.9. The quantitative estimate of drug-likeness (QED) is 0.911. The topological polar surface area (TPSA) is 103 Å². The molecule has 1 aromatic heterocycles. The van der Waals surface area contributed by atoms with Crippen molar-refractivity contribution >= 4 is 15.7 Å². The maximum atomic E-state index is 12.8. The molecule has 23 heavy (non-hydrogen) atoms. The van der Waals surface area contributed by atoms with Crippen LogP contribution in [0.1, 0.15) is 16.3 Å². The molecule has 0 aliphatic rings. The van der Waals surface area contributed by atoms with Crippen molar-refractivity contribution in [1.82, 2.24) is 9.97 Å². The molecule has 1 amide bonds. The summed E-state index contributed by atoms with van der Waals surface area (Å²) in [6, 6.07) is 5.67. The third-order valence-electron chi connectivity index (χ3n) is 2.82. The Morgan fingerprint density at radius 2 is 1.70 bits per heavy atom. The number of nitrogens with zero attached hydrogens (tertiary/aromatic N) is 2. The average molecular weight is 345 g/mol. The van der Waals surface area contributed by atoms with Gasteiger partial charge in [0.25, 0.3) is 5.91 Å². The van der Waals surface area contributed by atoms with Gasteiger partial charge in [-0.25, -0.2) is 18.4 Å². The van der Waals surface area contributed by atoms with E-state index < -0.39 is 33.4 Å². The number of alkyl halides is 3. The first-order valence-electron chi connectivity index (χ1n) is 6.05. The van der Waals surface area contributed by atoms with Gasteiger partial charge in [0.1, 0.15) is 5.69 Å². The minimum absolute atomic E-state index is 0.00137. The molecular weight excluding hydrogens is 335 g/mol. The number of benzene rings is 1. The monoisotopic (exact) mass is 345 g/mol. The number of hydrogen-bond acceptors (Lipinski definition) is 5. The highest BCUT2D eigenvalue weighted by Gasteiger charge is 2.34. The van der Waals surface area contributed by atoms with E-state index in [2.05, 4.69) is 9.97 Å². The summed E-state index contributed by atoms with van der Waals surface area (Å²) >= 11 is 0. The summed E-state index contributed by atoms with van der Waals surface area (Å²) < 4.78 is 61.2. The Kier molecular flexibility index (Phi) is 4.12. The molecule has 0 aliphatic heterocycles. The second-order valence-corrected chi connectivity index (χ2v) is 6.64. The first kappa shape index (κ1) is 16.9. The van der Waals surface area contributed by atoms with Gasteiger partial charge in [0.05, 0.1) is 10.6 Å². The lowest BCUT2D eigenvalue weighted by Gasteiger charge is -2.09. The fourth-order valence-electron chi connectivity index (χ4n) is 1.72. The van der Waals surface area contributed by atoms with Crippen LogP contribution in [0.2, 0.25) is 0 Å². The summed E-state index contributed by atoms with van der Waals surface area (Å²) in [6.07, 6.45) is -3.78. The molecule has 0 atom stereocenters. The van der Waals surface area contributed by atoms with Crippen molar-refractivity contribution in [3.63, 3.8) is 0 Å². The van der Waals surface area contributed by atoms with Crippen LogP contribution in [0, 0.1) is 0 Å². The van der Waals surface area contributed by atoms with Gasteiger partial charge >= 0.3 is 6.18 Å². The van der Waals surface area contributed by atoms with Crippen molar-refractivity contribution in [2.75, 3.05) is 6.26 Å². The molecule has 122 valence electrons. The number of carbonyl (C=O) groups excluding carboxylic acids is 1. The van der Waals surface area contributed by atoms with Gasteiger partial charge in [0.2, 0.25) is 5.82 Å². The Morgan fingerprint density at radius 3 is 2.13 bits per heavy atom. The highest BCUT2D eigenvalue weighted by molar-refractivity contribution is 7.90. The first-order valence-corrected chi connectivity index (χ1v) is 7.94. The van der Waals surface area contributed by atoms with Crippen LogP contribution in [0.5, 0.6) is 0 Å². The lowest BCUT2D eigenvalue weighted by atomic mass is 10.1. The van der Waals surface area contributed by atoms with Gasteiger partial charge in [0.15, 0.2) is 9.84 Å². The van der Waals surface area contributed by atoms with Crippen molar-refractivity contribution in [2.45, 2.75) is 11.1 Å². The molecule has 0 radical (unpaired) electrons. The number of sulfone groups is 1. The second kappa shape index (κ2) is 5.61. The first-order chi connectivity index (χ1) is 10.5. The number of primary amides is 1. The molecule has 2 N–H and O–H groups in total. The Morgan fingerprint density at radius 1 is 1.13 bits per heavy atom. The van der Waals surface area contributed by atoms with Gasteiger partial charge in [-0.2, -0.15) is 13.2 Å². The van der Waals surface area contributed by atoms with Crippen molar-refractivity contribution in [1.29, 1.82) is 0 Å². The van der Waals surface area contributed by atoms with E-state index in [1.54, 1.807) is 0 Å². The molecule has 0 aliphatic carbocycles. The fourth-order valence-corrected chi connectivity index (χ4v) is 2.35. The largest absolute Gasteiger partial charge is 0.433 e. The van der Waals surface area contributed by atoms with E-state index in [9.17, 15) is 26.4 Å². The van der Waals surface area contributed by atoms with Gasteiger partial charge in [0, 0.05) is 11.8 Å². The number of amides is 1. The van der Waals surface area contributed by atoms with Crippen molar-refractivity contribution in [2.24, 2.45) is 5.73 Å². The normalized spacial score (nSPS) is 12.2. The molecule has 1 heterocycles. The zero-order valence-electron chi connectivity index (χ0n) is 11.6. The number of aromatic nitrogens is 2. The van der Waals surface area contributed by atoms with Crippen LogP contribution < -0.4 is 5.73 Å². The Balaban J connectivity index is 2.58. The Labute approximate surface area is 129 Å². The zero-order chi connectivity index (χ0) is 17.4. The van der Waals surface area contributed by atoms with Gasteiger partial charge in [-0.05, 0) is 18.2 Å². The molecule has 0 bridgehead atoms. The lowest BCUT2D eigenvalue weighted by Crippen LogP contribution is -2.19. The number of halogens is 3. The highest BCUT2D eigenvalue weighted by atomic mass is 32.2. The van der Waals surface area contributed by atoms with Crippen molar-refractivity contribution < 1.29 is 26.4 Å². The average Bonchev–Trinajstić information content (AvgIpc) is 2.45. The predicted octanol–water partition coefficient (Wildman–Crippen LogP) is 1.66. The minimum Gasteiger partial charge on any atom is -0.363 e. The molecule has 0 spiro atoms. The van der Waals surface area contributed by atoms with E-state index in [-0.39, 0.29) is 16.2 Å². The molecule has 1 aromatic carbocycles. The molecule has 0 saturated heterocycles. The number of nitrogens with two attached hydrogens (primary N) is 1. The van der Waals surface area contributed by atoms with E-state index in [4.69, 9.17) is 5.73 Å². The maximum absolute atomic E-state index is 12.8. The summed E-state index contributed by atoms with van der Waals surface area (Å²) in [7, 11) is -3.44. The van der Waals surface area contributed by atoms with E-state index in [0.717, 1.165) is 6.26 Å². The van der Waals surface area contributed by atoms with E-state index in [1.807, 2.05) is 0 Å². The SMILES string of the molecule is CS(=O)(=O)c1ccc(-c2cc(C(F)(F)F)nc(C(N)=O)n2)cc1. The molecule has 0 unspecified atom stereocenters. The molecule has 6 nitrogen and oxygen atoms in total. The molecule has 2 aromatic rings. The Bertz CT molecular complexity index is 862. The van der Waals surface area contributed by atoms with Crippen LogP contribution in [-0.2, 0) is 16.0 Å². The number of carbonyl (C=O) groups is 1. The summed E-state index contributed by atoms with van der Waals surface area (Å²) in [6.45, 7) is 0. The van der Waals surface area contributed by atoms with E-state index in [1.165, 1.54) is 24.3 Å². The van der Waals surface area contributed by atoms with Crippen molar-refractivity contribution in [3.8, 4) is 11.3 Å². The molecule has 2 rings (SSSR count). The van der Waals surface area contributed by atoms with Crippen LogP contribution in [0.15, 0.2) is 35.2 Å². The molecule has 0 saturated carbocycles. The van der Waals surface area contributed by atoms with Crippen molar-refractivity contribution in [3.05, 3.63) is 41.9 Å². The predicted molar refractivity (Wildman–Crippen MR) is 74.1 cm³/mol. The minimum atomic E-state index is -4.78. The zero-order valence-corrected chi connectivity index (χ0v) is 12.4. The standard InChI is InChI=1S/C13H10F3N3O3S/c1-23(21,22)8-4-2-7(3-5-8)9-6-10(13(14,15)16)19-12(18-9)11(17)20/h2-6H,1H3,(H2,17,20). The lowest BCUT2D eigenvalue weighted by molar-refractivity contribution is -0.141. The highest BCUT2D eigenvalue weighted by Crippen LogP contribution is 2.30. The second-order valence-electron chi connectivity index (χ2n) is 4.62. The van der Waals surface area contributed by atoms with Crippen LogP contribution in [0.3, 0.4) is 0 Å². The summed E-state index contributed by atoms with van der Waals surface area (Å²) in [5.41, 5.74) is 3.62. The van der Waals surface area contributed by atoms with Crippen LogP contribution in [0.25, 0.3) is 11.3 Å². The number of hydrogen-bond donors (Lipinski definition) is 1. The molecular formula is C13H10F3N3O3S. The fraction of sp³-hybridized carbons (Fsp3) is 0.154. The van der Waals surface area contributed by atoms with Crippen LogP contribution in [0.4, 0.5) is 13.2 Å². The van der Waals surface area contributed by atoms with Gasteiger partial charge < -0.3 is 5.73 Å². The van der Waals surface area contributed by atoms with Gasteiger partial charge in [-0.15, -0.1) is 0 Å². The third kappa shape index (κ3) is 3.83. The summed E-state index contributed by atoms with van der Waals surface area (Å²) in [5, 5.41) is 0. The van der Waals surface area contributed by atoms with Gasteiger partial charge in [-0.3, -0.25) is 4.79 Å². The Hall–Kier alpha value is -2.49. The van der Waals surface area contributed by atoms with E-state index in [0.29, 0.717) is 6.07 Å². The molecule has 0 fully saturated rings. The summed E-state index contributed by atoms with van der Waals surface area (Å²) in [5.74, 6) is -1.98. The number of rotatable bonds is 3. The molecule has 10 heteroatoms.